The third-order valence-electron chi connectivity index (χ3n) is 5.43. The first-order valence-electron chi connectivity index (χ1n) is 9.43. The monoisotopic (exact) mass is 355 g/mol. The Morgan fingerprint density at radius 2 is 1.73 bits per heavy atom. The number of nitrogens with zero attached hydrogens (tertiary/aromatic N) is 4. The molecule has 0 bridgehead atoms. The van der Waals surface area contributed by atoms with Crippen molar-refractivity contribution in [2.45, 2.75) is 19.3 Å². The van der Waals surface area contributed by atoms with Crippen molar-refractivity contribution in [3.05, 3.63) is 30.1 Å². The van der Waals surface area contributed by atoms with Crippen LogP contribution in [0.1, 0.15) is 29.6 Å². The lowest BCUT2D eigenvalue weighted by Gasteiger charge is -2.35. The number of nitrogens with one attached hydrogen (secondary N) is 1. The number of benzene rings is 1. The van der Waals surface area contributed by atoms with E-state index in [-0.39, 0.29) is 11.8 Å². The van der Waals surface area contributed by atoms with E-state index < -0.39 is 0 Å². The van der Waals surface area contributed by atoms with Crippen LogP contribution < -0.4 is 0 Å². The minimum absolute atomic E-state index is 0.0191. The van der Waals surface area contributed by atoms with E-state index in [1.54, 1.807) is 6.33 Å². The van der Waals surface area contributed by atoms with Crippen molar-refractivity contribution in [1.29, 1.82) is 0 Å². The minimum atomic E-state index is 0.0191. The zero-order valence-electron chi connectivity index (χ0n) is 15.0. The molecule has 1 N–H and O–H groups in total. The fraction of sp³-hybridized carbons (Fsp3) is 0.526. The van der Waals surface area contributed by atoms with Crippen LogP contribution in [-0.4, -0.2) is 82.3 Å². The van der Waals surface area contributed by atoms with Crippen LogP contribution in [0.25, 0.3) is 11.0 Å². The molecule has 7 heteroatoms. The molecular weight excluding hydrogens is 330 g/mol. The molecule has 2 aromatic rings. The van der Waals surface area contributed by atoms with Gasteiger partial charge in [-0.2, -0.15) is 0 Å². The topological polar surface area (TPSA) is 72.5 Å². The lowest BCUT2D eigenvalue weighted by molar-refractivity contribution is -0.133. The second-order valence-electron chi connectivity index (χ2n) is 7.11. The molecule has 0 atom stereocenters. The van der Waals surface area contributed by atoms with Crippen molar-refractivity contribution in [2.75, 3.05) is 45.8 Å². The van der Waals surface area contributed by atoms with Gasteiger partial charge in [0.15, 0.2) is 0 Å². The van der Waals surface area contributed by atoms with Gasteiger partial charge in [0.1, 0.15) is 0 Å². The van der Waals surface area contributed by atoms with Gasteiger partial charge < -0.3 is 19.7 Å². The Bertz CT molecular complexity index is 788. The number of imidazole rings is 1. The number of aromatic nitrogens is 2. The van der Waals surface area contributed by atoms with E-state index in [2.05, 4.69) is 14.9 Å². The van der Waals surface area contributed by atoms with Gasteiger partial charge in [0.2, 0.25) is 5.91 Å². The number of rotatable bonds is 4. The molecule has 0 unspecified atom stereocenters. The Hall–Kier alpha value is -2.41. The molecule has 0 radical (unpaired) electrons. The van der Waals surface area contributed by atoms with Gasteiger partial charge in [-0.1, -0.05) is 0 Å². The summed E-state index contributed by atoms with van der Waals surface area (Å²) in [6.45, 7) is 5.53. The van der Waals surface area contributed by atoms with Crippen LogP contribution in [0, 0.1) is 0 Å². The SMILES string of the molecule is O=C(CCN1CCCC1)N1CCN(C(=O)c2ccc3nc[nH]c3c2)CC1. The Kier molecular flexibility index (Phi) is 4.88. The average molecular weight is 355 g/mol. The summed E-state index contributed by atoms with van der Waals surface area (Å²) in [4.78, 5) is 38.4. The van der Waals surface area contributed by atoms with Crippen LogP contribution in [0.3, 0.4) is 0 Å². The number of hydrogen-bond donors (Lipinski definition) is 1. The molecule has 2 fully saturated rings. The van der Waals surface area contributed by atoms with E-state index in [1.165, 1.54) is 12.8 Å². The number of aromatic amines is 1. The fourth-order valence-electron chi connectivity index (χ4n) is 3.83. The van der Waals surface area contributed by atoms with Crippen molar-refractivity contribution in [1.82, 2.24) is 24.7 Å². The zero-order chi connectivity index (χ0) is 17.9. The predicted octanol–water partition coefficient (Wildman–Crippen LogP) is 1.33. The summed E-state index contributed by atoms with van der Waals surface area (Å²) in [6.07, 6.45) is 4.72. The van der Waals surface area contributed by atoms with Gasteiger partial charge in [-0.3, -0.25) is 9.59 Å². The summed E-state index contributed by atoms with van der Waals surface area (Å²) in [5, 5.41) is 0. The van der Waals surface area contributed by atoms with Crippen molar-refractivity contribution in [3.8, 4) is 0 Å². The molecular formula is C19H25N5O2. The van der Waals surface area contributed by atoms with Crippen LogP contribution >= 0.6 is 0 Å². The average Bonchev–Trinajstić information content (AvgIpc) is 3.36. The maximum Gasteiger partial charge on any atom is 0.254 e. The second-order valence-corrected chi connectivity index (χ2v) is 7.11. The van der Waals surface area contributed by atoms with E-state index in [4.69, 9.17) is 0 Å². The van der Waals surface area contributed by atoms with Crippen molar-refractivity contribution in [3.63, 3.8) is 0 Å². The van der Waals surface area contributed by atoms with E-state index in [0.717, 1.165) is 30.7 Å². The molecule has 1 aromatic carbocycles. The van der Waals surface area contributed by atoms with Crippen molar-refractivity contribution in [2.24, 2.45) is 0 Å². The van der Waals surface area contributed by atoms with Gasteiger partial charge in [-0.25, -0.2) is 4.98 Å². The molecule has 0 aliphatic carbocycles. The normalized spacial score (nSPS) is 18.6. The smallest absolute Gasteiger partial charge is 0.254 e. The first-order chi connectivity index (χ1) is 12.7. The van der Waals surface area contributed by atoms with Crippen LogP contribution in [-0.2, 0) is 4.79 Å². The number of amides is 2. The van der Waals surface area contributed by atoms with Crippen molar-refractivity contribution < 1.29 is 9.59 Å². The highest BCUT2D eigenvalue weighted by molar-refractivity contribution is 5.97. The molecule has 26 heavy (non-hydrogen) atoms. The Morgan fingerprint density at radius 3 is 2.50 bits per heavy atom. The Labute approximate surface area is 153 Å². The van der Waals surface area contributed by atoms with Gasteiger partial charge >= 0.3 is 0 Å². The van der Waals surface area contributed by atoms with Gasteiger partial charge in [-0.15, -0.1) is 0 Å². The fourth-order valence-corrected chi connectivity index (χ4v) is 3.83. The molecule has 4 rings (SSSR count). The first kappa shape index (κ1) is 17.0. The lowest BCUT2D eigenvalue weighted by Crippen LogP contribution is -2.51. The maximum absolute atomic E-state index is 12.7. The number of piperazine rings is 1. The number of likely N-dealkylation sites (tertiary alicyclic amines) is 1. The number of fused-ring (bicyclic) bond motifs is 1. The van der Waals surface area contributed by atoms with Gasteiger partial charge in [0.25, 0.3) is 5.91 Å². The lowest BCUT2D eigenvalue weighted by atomic mass is 10.1. The summed E-state index contributed by atoms with van der Waals surface area (Å²) >= 11 is 0. The molecule has 2 amide bonds. The Balaban J connectivity index is 1.29. The highest BCUT2D eigenvalue weighted by Crippen LogP contribution is 2.15. The number of hydrogen-bond acceptors (Lipinski definition) is 4. The molecule has 7 nitrogen and oxygen atoms in total. The quantitative estimate of drug-likeness (QED) is 0.898. The number of H-pyrrole nitrogens is 1. The van der Waals surface area contributed by atoms with Crippen LogP contribution in [0.5, 0.6) is 0 Å². The highest BCUT2D eigenvalue weighted by atomic mass is 16.2. The van der Waals surface area contributed by atoms with Crippen LogP contribution in [0.4, 0.5) is 0 Å². The van der Waals surface area contributed by atoms with E-state index in [1.807, 2.05) is 28.0 Å². The third kappa shape index (κ3) is 3.58. The van der Waals surface area contributed by atoms with E-state index in [0.29, 0.717) is 38.2 Å². The molecule has 0 spiro atoms. The predicted molar refractivity (Wildman–Crippen MR) is 98.9 cm³/mol. The van der Waals surface area contributed by atoms with E-state index in [9.17, 15) is 9.59 Å². The first-order valence-corrected chi connectivity index (χ1v) is 9.43. The minimum Gasteiger partial charge on any atom is -0.345 e. The summed E-state index contributed by atoms with van der Waals surface area (Å²) in [7, 11) is 0. The summed E-state index contributed by atoms with van der Waals surface area (Å²) < 4.78 is 0. The molecule has 2 aliphatic rings. The molecule has 0 saturated carbocycles. The van der Waals surface area contributed by atoms with Gasteiger partial charge in [0.05, 0.1) is 17.4 Å². The zero-order valence-corrected chi connectivity index (χ0v) is 15.0. The highest BCUT2D eigenvalue weighted by Gasteiger charge is 2.25. The maximum atomic E-state index is 12.7. The summed E-state index contributed by atoms with van der Waals surface area (Å²) in [6, 6.07) is 5.52. The summed E-state index contributed by atoms with van der Waals surface area (Å²) in [5.41, 5.74) is 2.39. The molecule has 3 heterocycles. The Morgan fingerprint density at radius 1 is 1.00 bits per heavy atom. The van der Waals surface area contributed by atoms with Gasteiger partial charge in [-0.05, 0) is 44.1 Å². The number of carbonyl (C=O) groups is 2. The van der Waals surface area contributed by atoms with Crippen LogP contribution in [0.2, 0.25) is 0 Å². The number of carbonyl (C=O) groups excluding carboxylic acids is 2. The van der Waals surface area contributed by atoms with Crippen LogP contribution in [0.15, 0.2) is 24.5 Å². The van der Waals surface area contributed by atoms with Gasteiger partial charge in [0, 0.05) is 44.7 Å². The second kappa shape index (κ2) is 7.45. The molecule has 138 valence electrons. The van der Waals surface area contributed by atoms with E-state index >= 15 is 0 Å². The summed E-state index contributed by atoms with van der Waals surface area (Å²) in [5.74, 6) is 0.230. The van der Waals surface area contributed by atoms with Crippen molar-refractivity contribution >= 4 is 22.8 Å². The molecule has 2 saturated heterocycles. The molecule has 2 aliphatic heterocycles. The largest absolute Gasteiger partial charge is 0.345 e. The molecule has 1 aromatic heterocycles. The standard InChI is InChI=1S/C19H25N5O2/c25-18(5-8-22-6-1-2-7-22)23-9-11-24(12-10-23)19(26)15-3-4-16-17(13-15)21-14-20-16/h3-4,13-14H,1-2,5-12H2,(H,20,21). The third-order valence-corrected chi connectivity index (χ3v) is 5.43.